The molecule has 3 rings (SSSR count). The molecule has 7 heteroatoms. The number of pyridine rings is 1. The number of nitriles is 1. The van der Waals surface area contributed by atoms with Crippen LogP contribution in [0.1, 0.15) is 22.7 Å². The second kappa shape index (κ2) is 7.79. The van der Waals surface area contributed by atoms with Gasteiger partial charge >= 0.3 is 0 Å². The van der Waals surface area contributed by atoms with Gasteiger partial charge in [-0.25, -0.2) is 0 Å². The number of para-hydroxylation sites is 1. The third kappa shape index (κ3) is 3.35. The van der Waals surface area contributed by atoms with E-state index in [-0.39, 0.29) is 17.0 Å². The number of likely N-dealkylation sites (N-methyl/N-ethyl adjacent to an activating group) is 1. The number of aryl methyl sites for hydroxylation is 1. The van der Waals surface area contributed by atoms with E-state index in [0.29, 0.717) is 29.2 Å². The molecule has 1 aliphatic heterocycles. The van der Waals surface area contributed by atoms with Gasteiger partial charge < -0.3 is 24.7 Å². The largest absolute Gasteiger partial charge is 0.496 e. The van der Waals surface area contributed by atoms with Crippen LogP contribution in [0.4, 0.5) is 0 Å². The molecular formula is C21H25N4O3+. The minimum absolute atomic E-state index is 0.0141. The van der Waals surface area contributed by atoms with Gasteiger partial charge in [0.25, 0.3) is 5.56 Å². The van der Waals surface area contributed by atoms with E-state index in [9.17, 15) is 10.1 Å². The molecule has 0 amide bonds. The molecule has 2 aromatic rings. The molecule has 0 unspecified atom stereocenters. The Bertz CT molecular complexity index is 1030. The smallest absolute Gasteiger partial charge is 0.258 e. The molecule has 1 aromatic carbocycles. The highest BCUT2D eigenvalue weighted by Crippen LogP contribution is 2.43. The number of aromatic nitrogens is 1. The van der Waals surface area contributed by atoms with Crippen LogP contribution in [0.5, 0.6) is 11.5 Å². The fourth-order valence-electron chi connectivity index (χ4n) is 3.52. The molecule has 0 radical (unpaired) electrons. The molecule has 1 aromatic heterocycles. The zero-order valence-electron chi connectivity index (χ0n) is 16.6. The van der Waals surface area contributed by atoms with Gasteiger partial charge in [-0.3, -0.25) is 4.79 Å². The van der Waals surface area contributed by atoms with Crippen LogP contribution in [0.15, 0.2) is 46.6 Å². The Balaban J connectivity index is 2.27. The summed E-state index contributed by atoms with van der Waals surface area (Å²) in [6.45, 7) is 3.23. The van der Waals surface area contributed by atoms with Crippen molar-refractivity contribution in [3.05, 3.63) is 69.0 Å². The van der Waals surface area contributed by atoms with E-state index >= 15 is 0 Å². The quantitative estimate of drug-likeness (QED) is 0.788. The maximum Gasteiger partial charge on any atom is 0.258 e. The van der Waals surface area contributed by atoms with Gasteiger partial charge in [0.1, 0.15) is 23.1 Å². The fraction of sp³-hybridized carbons (Fsp3) is 0.333. The lowest BCUT2D eigenvalue weighted by molar-refractivity contribution is -0.858. The molecule has 146 valence electrons. The van der Waals surface area contributed by atoms with Crippen LogP contribution in [-0.2, 0) is 6.54 Å². The van der Waals surface area contributed by atoms with Crippen molar-refractivity contribution in [2.45, 2.75) is 19.4 Å². The Hall–Kier alpha value is -3.24. The first kappa shape index (κ1) is 19.5. The molecule has 0 saturated carbocycles. The molecule has 3 N–H and O–H groups in total. The Morgan fingerprint density at radius 2 is 2.07 bits per heavy atom. The van der Waals surface area contributed by atoms with E-state index in [0.717, 1.165) is 12.2 Å². The summed E-state index contributed by atoms with van der Waals surface area (Å²) in [6.07, 6.45) is 0. The number of allylic oxidation sites excluding steroid dienone is 1. The Labute approximate surface area is 164 Å². The fourth-order valence-corrected chi connectivity index (χ4v) is 3.52. The van der Waals surface area contributed by atoms with E-state index in [1.165, 1.54) is 4.90 Å². The van der Waals surface area contributed by atoms with Crippen LogP contribution in [-0.4, -0.2) is 32.3 Å². The topological polar surface area (TPSA) is 94.7 Å². The molecule has 0 spiro atoms. The summed E-state index contributed by atoms with van der Waals surface area (Å²) in [5, 5.41) is 9.75. The lowest BCUT2D eigenvalue weighted by Gasteiger charge is -2.28. The number of ether oxygens (including phenoxy) is 2. The number of benzene rings is 1. The average molecular weight is 381 g/mol. The summed E-state index contributed by atoms with van der Waals surface area (Å²) in [6, 6.07) is 11.3. The highest BCUT2D eigenvalue weighted by atomic mass is 16.5. The van der Waals surface area contributed by atoms with Crippen molar-refractivity contribution in [3.63, 3.8) is 0 Å². The van der Waals surface area contributed by atoms with Gasteiger partial charge in [0.2, 0.25) is 5.88 Å². The third-order valence-corrected chi connectivity index (χ3v) is 4.98. The second-order valence-corrected chi connectivity index (χ2v) is 7.14. The number of quaternary nitrogens is 1. The van der Waals surface area contributed by atoms with Gasteiger partial charge in [-0.05, 0) is 13.0 Å². The number of hydrogen-bond acceptors (Lipinski definition) is 5. The van der Waals surface area contributed by atoms with E-state index < -0.39 is 5.92 Å². The van der Waals surface area contributed by atoms with Crippen LogP contribution < -0.4 is 25.7 Å². The van der Waals surface area contributed by atoms with Crippen molar-refractivity contribution in [2.75, 3.05) is 27.7 Å². The minimum Gasteiger partial charge on any atom is -0.496 e. The number of nitrogens with two attached hydrogens (primary N) is 1. The molecular weight excluding hydrogens is 356 g/mol. The van der Waals surface area contributed by atoms with Crippen molar-refractivity contribution >= 4 is 0 Å². The molecule has 2 heterocycles. The van der Waals surface area contributed by atoms with Crippen molar-refractivity contribution < 1.29 is 14.4 Å². The molecule has 1 atom stereocenters. The highest BCUT2D eigenvalue weighted by Gasteiger charge is 2.35. The first-order chi connectivity index (χ1) is 13.4. The Morgan fingerprint density at radius 3 is 2.71 bits per heavy atom. The van der Waals surface area contributed by atoms with Crippen LogP contribution in [0, 0.1) is 18.3 Å². The van der Waals surface area contributed by atoms with Gasteiger partial charge in [0, 0.05) is 17.3 Å². The average Bonchev–Trinajstić information content (AvgIpc) is 2.66. The number of nitrogens with zero attached hydrogens (tertiary/aromatic N) is 2. The van der Waals surface area contributed by atoms with Crippen molar-refractivity contribution in [2.24, 2.45) is 5.73 Å². The third-order valence-electron chi connectivity index (χ3n) is 4.98. The van der Waals surface area contributed by atoms with Gasteiger partial charge in [-0.15, -0.1) is 0 Å². The van der Waals surface area contributed by atoms with E-state index in [2.05, 4.69) is 6.07 Å². The number of methoxy groups -OCH3 is 1. The standard InChI is InChI=1S/C21H24N4O3/c1-13-11-17-19(21(26)25(13)10-9-24(2)3)18(15(12-22)20(23)28-17)14-7-5-6-8-16(14)27-4/h5-8,11,18H,9-10,23H2,1-4H3/p+1/t18-/m1/s1. The SMILES string of the molecule is COc1ccccc1[C@@H]1C(C#N)=C(N)Oc2cc(C)n(CC[NH+](C)C)c(=O)c21. The minimum atomic E-state index is -0.643. The predicted molar refractivity (Wildman–Crippen MR) is 105 cm³/mol. The van der Waals surface area contributed by atoms with Crippen molar-refractivity contribution in [1.29, 1.82) is 5.26 Å². The first-order valence-corrected chi connectivity index (χ1v) is 9.12. The maximum absolute atomic E-state index is 13.5. The zero-order chi connectivity index (χ0) is 20.4. The lowest BCUT2D eigenvalue weighted by atomic mass is 9.83. The van der Waals surface area contributed by atoms with Gasteiger partial charge in [-0.1, -0.05) is 18.2 Å². The number of nitrogens with one attached hydrogen (secondary N) is 1. The number of hydrogen-bond donors (Lipinski definition) is 2. The number of rotatable bonds is 5. The van der Waals surface area contributed by atoms with Gasteiger partial charge in [0.15, 0.2) is 0 Å². The summed E-state index contributed by atoms with van der Waals surface area (Å²) in [5.41, 5.74) is 7.99. The van der Waals surface area contributed by atoms with E-state index in [1.807, 2.05) is 45.3 Å². The summed E-state index contributed by atoms with van der Waals surface area (Å²) in [7, 11) is 5.64. The van der Waals surface area contributed by atoms with E-state index in [1.54, 1.807) is 17.7 Å². The normalized spacial score (nSPS) is 15.8. The molecule has 0 bridgehead atoms. The number of fused-ring (bicyclic) bond motifs is 1. The predicted octanol–water partition coefficient (Wildman–Crippen LogP) is 0.528. The van der Waals surface area contributed by atoms with Crippen LogP contribution in [0.25, 0.3) is 0 Å². The molecule has 0 saturated heterocycles. The van der Waals surface area contributed by atoms with Crippen LogP contribution in [0.3, 0.4) is 0 Å². The summed E-state index contributed by atoms with van der Waals surface area (Å²) in [4.78, 5) is 14.7. The van der Waals surface area contributed by atoms with Crippen molar-refractivity contribution in [1.82, 2.24) is 4.57 Å². The highest BCUT2D eigenvalue weighted by molar-refractivity contribution is 5.58. The van der Waals surface area contributed by atoms with Crippen LogP contribution in [0.2, 0.25) is 0 Å². The summed E-state index contributed by atoms with van der Waals surface area (Å²) in [5.74, 6) is 0.352. The Kier molecular flexibility index (Phi) is 5.43. The molecule has 0 aliphatic carbocycles. The summed E-state index contributed by atoms with van der Waals surface area (Å²) < 4.78 is 12.9. The molecule has 28 heavy (non-hydrogen) atoms. The summed E-state index contributed by atoms with van der Waals surface area (Å²) >= 11 is 0. The monoisotopic (exact) mass is 381 g/mol. The Morgan fingerprint density at radius 1 is 1.36 bits per heavy atom. The lowest BCUT2D eigenvalue weighted by Crippen LogP contribution is -3.06. The first-order valence-electron chi connectivity index (χ1n) is 9.12. The second-order valence-electron chi connectivity index (χ2n) is 7.14. The van der Waals surface area contributed by atoms with Crippen LogP contribution >= 0.6 is 0 Å². The van der Waals surface area contributed by atoms with Gasteiger partial charge in [0.05, 0.1) is 45.8 Å². The molecule has 0 fully saturated rings. The molecule has 1 aliphatic rings. The molecule has 7 nitrogen and oxygen atoms in total. The zero-order valence-corrected chi connectivity index (χ0v) is 16.6. The van der Waals surface area contributed by atoms with Gasteiger partial charge in [-0.2, -0.15) is 5.26 Å². The van der Waals surface area contributed by atoms with Crippen molar-refractivity contribution in [3.8, 4) is 17.6 Å². The van der Waals surface area contributed by atoms with E-state index in [4.69, 9.17) is 15.2 Å². The maximum atomic E-state index is 13.5.